The summed E-state index contributed by atoms with van der Waals surface area (Å²) in [5.74, 6) is -0.296. The number of halogens is 2. The fourth-order valence-corrected chi connectivity index (χ4v) is 3.06. The van der Waals surface area contributed by atoms with E-state index in [-0.39, 0.29) is 18.0 Å². The molecule has 0 aliphatic rings. The molecule has 0 atom stereocenters. The van der Waals surface area contributed by atoms with Crippen LogP contribution in [0, 0.1) is 6.92 Å². The van der Waals surface area contributed by atoms with Crippen LogP contribution in [-0.4, -0.2) is 10.5 Å². The average Bonchev–Trinajstić information content (AvgIpc) is 2.39. The van der Waals surface area contributed by atoms with Crippen molar-refractivity contribution in [2.75, 3.05) is 11.1 Å². The summed E-state index contributed by atoms with van der Waals surface area (Å²) in [4.78, 5) is 24.0. The van der Waals surface area contributed by atoms with Gasteiger partial charge in [0.25, 0.3) is 5.56 Å². The predicted molar refractivity (Wildman–Crippen MR) is 90.3 cm³/mol. The Kier molecular flexibility index (Phi) is 4.84. The highest BCUT2D eigenvalue weighted by Crippen LogP contribution is 2.18. The van der Waals surface area contributed by atoms with E-state index in [0.717, 1.165) is 5.56 Å². The van der Waals surface area contributed by atoms with Crippen molar-refractivity contribution in [3.05, 3.63) is 55.3 Å². The number of aryl methyl sites for hydroxylation is 1. The Morgan fingerprint density at radius 3 is 2.76 bits per heavy atom. The number of amides is 1. The van der Waals surface area contributed by atoms with E-state index in [1.165, 1.54) is 4.57 Å². The van der Waals surface area contributed by atoms with Crippen LogP contribution >= 0.6 is 31.9 Å². The molecule has 110 valence electrons. The molecule has 5 nitrogen and oxygen atoms in total. The molecule has 1 aromatic heterocycles. The highest BCUT2D eigenvalue weighted by Gasteiger charge is 2.09. The van der Waals surface area contributed by atoms with Crippen molar-refractivity contribution in [2.45, 2.75) is 13.5 Å². The zero-order chi connectivity index (χ0) is 15.6. The third-order valence-electron chi connectivity index (χ3n) is 2.86. The number of nitrogen functional groups attached to an aromatic ring is 1. The van der Waals surface area contributed by atoms with Gasteiger partial charge >= 0.3 is 0 Å². The van der Waals surface area contributed by atoms with Crippen molar-refractivity contribution in [3.8, 4) is 0 Å². The molecule has 2 aromatic rings. The monoisotopic (exact) mass is 413 g/mol. The van der Waals surface area contributed by atoms with Gasteiger partial charge in [-0.05, 0) is 62.5 Å². The number of hydrogen-bond acceptors (Lipinski definition) is 3. The van der Waals surface area contributed by atoms with Gasteiger partial charge in [-0.25, -0.2) is 0 Å². The molecule has 0 bridgehead atoms. The normalized spacial score (nSPS) is 10.4. The summed E-state index contributed by atoms with van der Waals surface area (Å²) in [5, 5.41) is 2.76. The summed E-state index contributed by atoms with van der Waals surface area (Å²) in [6.07, 6.45) is 1.57. The second-order valence-corrected chi connectivity index (χ2v) is 6.33. The smallest absolute Gasteiger partial charge is 0.265 e. The van der Waals surface area contributed by atoms with E-state index < -0.39 is 0 Å². The largest absolute Gasteiger partial charge is 0.399 e. The van der Waals surface area contributed by atoms with Crippen LogP contribution in [0.5, 0.6) is 0 Å². The number of benzene rings is 1. The lowest BCUT2D eigenvalue weighted by atomic mass is 10.2. The third kappa shape index (κ3) is 3.95. The third-order valence-corrected chi connectivity index (χ3v) is 3.86. The van der Waals surface area contributed by atoms with Crippen LogP contribution in [-0.2, 0) is 11.3 Å². The molecule has 0 saturated carbocycles. The number of nitrogens with zero attached hydrogens (tertiary/aromatic N) is 1. The Balaban J connectivity index is 2.19. The Hall–Kier alpha value is -1.60. The lowest BCUT2D eigenvalue weighted by Gasteiger charge is -2.11. The minimum atomic E-state index is -0.296. The second kappa shape index (κ2) is 6.44. The van der Waals surface area contributed by atoms with E-state index in [4.69, 9.17) is 5.73 Å². The second-order valence-electron chi connectivity index (χ2n) is 4.56. The van der Waals surface area contributed by atoms with Crippen LogP contribution < -0.4 is 16.6 Å². The first kappa shape index (κ1) is 15.8. The van der Waals surface area contributed by atoms with E-state index in [0.29, 0.717) is 20.3 Å². The zero-order valence-corrected chi connectivity index (χ0v) is 14.4. The van der Waals surface area contributed by atoms with Crippen molar-refractivity contribution < 1.29 is 4.79 Å². The van der Waals surface area contributed by atoms with Crippen LogP contribution in [0.2, 0.25) is 0 Å². The molecule has 1 aromatic carbocycles. The van der Waals surface area contributed by atoms with Gasteiger partial charge in [-0.1, -0.05) is 6.07 Å². The zero-order valence-electron chi connectivity index (χ0n) is 11.2. The SMILES string of the molecule is Cc1ccc(N)cc1NC(=O)Cn1cc(Br)cc(Br)c1=O. The summed E-state index contributed by atoms with van der Waals surface area (Å²) >= 11 is 6.45. The van der Waals surface area contributed by atoms with E-state index in [9.17, 15) is 9.59 Å². The standard InChI is InChI=1S/C14H13Br2N3O2/c1-8-2-3-10(17)5-12(8)18-13(20)7-19-6-9(15)4-11(16)14(19)21/h2-6H,7,17H2,1H3,(H,18,20). The Bertz CT molecular complexity index is 756. The molecule has 7 heteroatoms. The first-order chi connectivity index (χ1) is 9.86. The van der Waals surface area contributed by atoms with Gasteiger partial charge in [-0.3, -0.25) is 9.59 Å². The number of carbonyl (C=O) groups excluding carboxylic acids is 1. The van der Waals surface area contributed by atoms with Crippen molar-refractivity contribution in [1.82, 2.24) is 4.57 Å². The molecule has 0 aliphatic carbocycles. The van der Waals surface area contributed by atoms with Gasteiger partial charge in [0.15, 0.2) is 0 Å². The molecule has 1 amide bonds. The molecule has 0 fully saturated rings. The molecule has 0 spiro atoms. The summed E-state index contributed by atoms with van der Waals surface area (Å²) in [5.41, 5.74) is 7.55. The summed E-state index contributed by atoms with van der Waals surface area (Å²) < 4.78 is 2.43. The minimum absolute atomic E-state index is 0.0783. The molecule has 0 radical (unpaired) electrons. The molecular weight excluding hydrogens is 402 g/mol. The number of aromatic nitrogens is 1. The average molecular weight is 415 g/mol. The van der Waals surface area contributed by atoms with E-state index in [1.807, 2.05) is 13.0 Å². The Morgan fingerprint density at radius 2 is 2.05 bits per heavy atom. The molecule has 1 heterocycles. The number of hydrogen-bond donors (Lipinski definition) is 2. The highest BCUT2D eigenvalue weighted by atomic mass is 79.9. The maximum absolute atomic E-state index is 12.1. The number of anilines is 2. The van der Waals surface area contributed by atoms with Crippen LogP contribution in [0.1, 0.15) is 5.56 Å². The number of carbonyl (C=O) groups is 1. The first-order valence-electron chi connectivity index (χ1n) is 6.08. The van der Waals surface area contributed by atoms with Crippen LogP contribution in [0.15, 0.2) is 44.2 Å². The fraction of sp³-hybridized carbons (Fsp3) is 0.143. The number of rotatable bonds is 3. The molecule has 0 unspecified atom stereocenters. The van der Waals surface area contributed by atoms with Gasteiger partial charge in [0.05, 0.1) is 4.47 Å². The van der Waals surface area contributed by atoms with Crippen LogP contribution in [0.3, 0.4) is 0 Å². The van der Waals surface area contributed by atoms with Gasteiger partial charge in [0.1, 0.15) is 6.54 Å². The topological polar surface area (TPSA) is 77.1 Å². The number of nitrogens with two attached hydrogens (primary N) is 1. The van der Waals surface area contributed by atoms with Crippen LogP contribution in [0.25, 0.3) is 0 Å². The Morgan fingerprint density at radius 1 is 1.33 bits per heavy atom. The van der Waals surface area contributed by atoms with Gasteiger partial charge < -0.3 is 15.6 Å². The molecule has 3 N–H and O–H groups in total. The lowest BCUT2D eigenvalue weighted by Crippen LogP contribution is -2.27. The molecule has 21 heavy (non-hydrogen) atoms. The summed E-state index contributed by atoms with van der Waals surface area (Å²) in [7, 11) is 0. The van der Waals surface area contributed by atoms with Crippen molar-refractivity contribution in [2.24, 2.45) is 0 Å². The minimum Gasteiger partial charge on any atom is -0.399 e. The molecule has 2 rings (SSSR count). The van der Waals surface area contributed by atoms with E-state index in [2.05, 4.69) is 37.2 Å². The summed E-state index contributed by atoms with van der Waals surface area (Å²) in [6.45, 7) is 1.79. The molecule has 0 aliphatic heterocycles. The van der Waals surface area contributed by atoms with E-state index in [1.54, 1.807) is 24.4 Å². The maximum atomic E-state index is 12.1. The maximum Gasteiger partial charge on any atom is 0.265 e. The van der Waals surface area contributed by atoms with E-state index >= 15 is 0 Å². The summed E-state index contributed by atoms with van der Waals surface area (Å²) in [6, 6.07) is 6.92. The van der Waals surface area contributed by atoms with Gasteiger partial charge in [-0.2, -0.15) is 0 Å². The van der Waals surface area contributed by atoms with Crippen molar-refractivity contribution >= 4 is 49.1 Å². The fourth-order valence-electron chi connectivity index (χ4n) is 1.80. The van der Waals surface area contributed by atoms with Gasteiger partial charge in [0.2, 0.25) is 5.91 Å². The Labute approximate surface area is 138 Å². The van der Waals surface area contributed by atoms with Crippen LogP contribution in [0.4, 0.5) is 11.4 Å². The quantitative estimate of drug-likeness (QED) is 0.758. The lowest BCUT2D eigenvalue weighted by molar-refractivity contribution is -0.116. The van der Waals surface area contributed by atoms with Gasteiger partial charge in [-0.15, -0.1) is 0 Å². The first-order valence-corrected chi connectivity index (χ1v) is 7.67. The van der Waals surface area contributed by atoms with Crippen molar-refractivity contribution in [3.63, 3.8) is 0 Å². The predicted octanol–water partition coefficient (Wildman–Crippen LogP) is 2.90. The molecular formula is C14H13Br2N3O2. The highest BCUT2D eigenvalue weighted by molar-refractivity contribution is 9.11. The number of pyridine rings is 1. The van der Waals surface area contributed by atoms with Crippen molar-refractivity contribution in [1.29, 1.82) is 0 Å². The number of nitrogens with one attached hydrogen (secondary N) is 1. The van der Waals surface area contributed by atoms with Gasteiger partial charge in [0, 0.05) is 22.0 Å². The molecule has 0 saturated heterocycles.